The molecule has 0 aromatic heterocycles. The van der Waals surface area contributed by atoms with Gasteiger partial charge in [-0.25, -0.2) is 0 Å². The van der Waals surface area contributed by atoms with E-state index in [1.807, 2.05) is 0 Å². The second kappa shape index (κ2) is 6.81. The van der Waals surface area contributed by atoms with Crippen molar-refractivity contribution in [2.24, 2.45) is 16.3 Å². The molecule has 0 saturated heterocycles. The molecule has 0 saturated carbocycles. The third-order valence-electron chi connectivity index (χ3n) is 5.22. The average Bonchev–Trinajstić information content (AvgIpc) is 2.45. The summed E-state index contributed by atoms with van der Waals surface area (Å²) in [5.74, 6) is 0.567. The molecule has 0 heterocycles. The monoisotopic (exact) mass is 299 g/mol. The molecule has 0 radical (unpaired) electrons. The summed E-state index contributed by atoms with van der Waals surface area (Å²) in [5.41, 5.74) is 4.79. The van der Waals surface area contributed by atoms with Crippen LogP contribution in [-0.4, -0.2) is 5.71 Å². The van der Waals surface area contributed by atoms with Gasteiger partial charge in [0.15, 0.2) is 0 Å². The van der Waals surface area contributed by atoms with E-state index in [1.165, 1.54) is 11.3 Å². The highest BCUT2D eigenvalue weighted by molar-refractivity contribution is 5.92. The Morgan fingerprint density at radius 3 is 1.95 bits per heavy atom. The molecule has 1 aromatic rings. The molecule has 22 heavy (non-hydrogen) atoms. The van der Waals surface area contributed by atoms with Crippen molar-refractivity contribution < 1.29 is 0 Å². The van der Waals surface area contributed by atoms with Crippen LogP contribution in [0.25, 0.3) is 5.70 Å². The highest BCUT2D eigenvalue weighted by atomic mass is 14.8. The first-order valence-electron chi connectivity index (χ1n) is 8.38. The van der Waals surface area contributed by atoms with Gasteiger partial charge in [0.05, 0.1) is 5.70 Å². The minimum absolute atomic E-state index is 0.133. The van der Waals surface area contributed by atoms with Crippen molar-refractivity contribution in [3.63, 3.8) is 0 Å². The maximum Gasteiger partial charge on any atom is 0.0629 e. The normalized spacial score (nSPS) is 15.8. The molecule has 0 spiro atoms. The summed E-state index contributed by atoms with van der Waals surface area (Å²) in [6, 6.07) is 8.65. The summed E-state index contributed by atoms with van der Waals surface area (Å²) in [5, 5.41) is 0. The highest BCUT2D eigenvalue weighted by Gasteiger charge is 2.29. The summed E-state index contributed by atoms with van der Waals surface area (Å²) in [7, 11) is 0. The van der Waals surface area contributed by atoms with Crippen LogP contribution in [0.1, 0.15) is 72.9 Å². The van der Waals surface area contributed by atoms with Gasteiger partial charge in [-0.3, -0.25) is 4.99 Å². The standard InChI is InChI=1S/C21H33N/c1-10-21(9,15(2)3)17(5)22-16(4)18-11-13-19(14-12-18)20(6,7)8/h11-15H,4,10H2,1-3,5-9H3. The van der Waals surface area contributed by atoms with Gasteiger partial charge in [0.2, 0.25) is 0 Å². The van der Waals surface area contributed by atoms with E-state index in [1.54, 1.807) is 0 Å². The topological polar surface area (TPSA) is 12.4 Å². The molecule has 1 rings (SSSR count). The summed E-state index contributed by atoms with van der Waals surface area (Å²) in [6.07, 6.45) is 1.09. The Morgan fingerprint density at radius 1 is 1.09 bits per heavy atom. The first kappa shape index (κ1) is 18.7. The maximum absolute atomic E-state index is 4.83. The van der Waals surface area contributed by atoms with Gasteiger partial charge >= 0.3 is 0 Å². The van der Waals surface area contributed by atoms with E-state index in [2.05, 4.69) is 86.2 Å². The van der Waals surface area contributed by atoms with E-state index < -0.39 is 0 Å². The zero-order valence-electron chi connectivity index (χ0n) is 15.7. The van der Waals surface area contributed by atoms with Gasteiger partial charge < -0.3 is 0 Å². The molecular weight excluding hydrogens is 266 g/mol. The molecule has 1 aromatic carbocycles. The molecule has 1 atom stereocenters. The molecule has 0 fully saturated rings. The van der Waals surface area contributed by atoms with Gasteiger partial charge in [-0.15, -0.1) is 0 Å². The number of benzene rings is 1. The SMILES string of the molecule is C=C(N=C(C)C(C)(CC)C(C)C)c1ccc(C(C)(C)C)cc1. The Morgan fingerprint density at radius 2 is 1.59 bits per heavy atom. The molecular formula is C21H33N. The summed E-state index contributed by atoms with van der Waals surface area (Å²) >= 11 is 0. The first-order valence-corrected chi connectivity index (χ1v) is 8.38. The van der Waals surface area contributed by atoms with E-state index in [0.717, 1.165) is 17.7 Å². The molecule has 1 nitrogen and oxygen atoms in total. The molecule has 0 aliphatic rings. The average molecular weight is 300 g/mol. The first-order chi connectivity index (χ1) is 10.0. The number of rotatable bonds is 5. The predicted octanol–water partition coefficient (Wildman–Crippen LogP) is 6.49. The van der Waals surface area contributed by atoms with Gasteiger partial charge in [-0.2, -0.15) is 0 Å². The van der Waals surface area contributed by atoms with Crippen LogP contribution in [-0.2, 0) is 5.41 Å². The molecule has 122 valence electrons. The molecule has 0 N–H and O–H groups in total. The fourth-order valence-corrected chi connectivity index (χ4v) is 2.64. The van der Waals surface area contributed by atoms with Crippen molar-refractivity contribution in [2.45, 2.75) is 67.2 Å². The van der Waals surface area contributed by atoms with E-state index in [9.17, 15) is 0 Å². The lowest BCUT2D eigenvalue weighted by molar-refractivity contribution is 0.316. The maximum atomic E-state index is 4.83. The van der Waals surface area contributed by atoms with Gasteiger partial charge in [0, 0.05) is 11.1 Å². The quantitative estimate of drug-likeness (QED) is 0.551. The van der Waals surface area contributed by atoms with Crippen molar-refractivity contribution in [3.8, 4) is 0 Å². The molecule has 0 aliphatic heterocycles. The lowest BCUT2D eigenvalue weighted by atomic mass is 9.73. The van der Waals surface area contributed by atoms with Crippen molar-refractivity contribution in [3.05, 3.63) is 42.0 Å². The van der Waals surface area contributed by atoms with E-state index in [4.69, 9.17) is 4.99 Å². The van der Waals surface area contributed by atoms with Crippen LogP contribution in [0.2, 0.25) is 0 Å². The predicted molar refractivity (Wildman–Crippen MR) is 101 cm³/mol. The summed E-state index contributed by atoms with van der Waals surface area (Å²) < 4.78 is 0. The Kier molecular flexibility index (Phi) is 5.78. The van der Waals surface area contributed by atoms with Gasteiger partial charge in [-0.05, 0) is 35.8 Å². The lowest BCUT2D eigenvalue weighted by Crippen LogP contribution is -2.30. The van der Waals surface area contributed by atoms with E-state index >= 15 is 0 Å². The summed E-state index contributed by atoms with van der Waals surface area (Å²) in [6.45, 7) is 22.1. The Balaban J connectivity index is 3.04. The number of aliphatic imine (C=N–C) groups is 1. The van der Waals surface area contributed by atoms with Crippen LogP contribution in [0.15, 0.2) is 35.8 Å². The van der Waals surface area contributed by atoms with Crippen LogP contribution < -0.4 is 0 Å². The molecule has 0 aliphatic carbocycles. The third-order valence-corrected chi connectivity index (χ3v) is 5.22. The smallest absolute Gasteiger partial charge is 0.0629 e. The van der Waals surface area contributed by atoms with Crippen LogP contribution in [0.3, 0.4) is 0 Å². The second-order valence-corrected chi connectivity index (χ2v) is 7.90. The second-order valence-electron chi connectivity index (χ2n) is 7.90. The zero-order valence-corrected chi connectivity index (χ0v) is 15.7. The number of nitrogens with zero attached hydrogens (tertiary/aromatic N) is 1. The Bertz CT molecular complexity index is 540. The fraction of sp³-hybridized carbons (Fsp3) is 0.571. The minimum atomic E-state index is 0.133. The van der Waals surface area contributed by atoms with E-state index in [0.29, 0.717) is 5.92 Å². The summed E-state index contributed by atoms with van der Waals surface area (Å²) in [4.78, 5) is 4.83. The zero-order chi connectivity index (χ0) is 17.1. The molecule has 0 amide bonds. The third kappa shape index (κ3) is 4.09. The van der Waals surface area contributed by atoms with Crippen LogP contribution >= 0.6 is 0 Å². The fourth-order valence-electron chi connectivity index (χ4n) is 2.64. The lowest BCUT2D eigenvalue weighted by Gasteiger charge is -2.33. The van der Waals surface area contributed by atoms with Crippen LogP contribution in [0, 0.1) is 11.3 Å². The van der Waals surface area contributed by atoms with Crippen LogP contribution in [0.4, 0.5) is 0 Å². The number of hydrogen-bond acceptors (Lipinski definition) is 1. The van der Waals surface area contributed by atoms with Crippen molar-refractivity contribution in [1.29, 1.82) is 0 Å². The Labute approximate surface area is 137 Å². The van der Waals surface area contributed by atoms with Crippen LogP contribution in [0.5, 0.6) is 0 Å². The van der Waals surface area contributed by atoms with Gasteiger partial charge in [-0.1, -0.05) is 79.3 Å². The van der Waals surface area contributed by atoms with Crippen molar-refractivity contribution in [2.75, 3.05) is 0 Å². The van der Waals surface area contributed by atoms with Crippen molar-refractivity contribution >= 4 is 11.4 Å². The highest BCUT2D eigenvalue weighted by Crippen LogP contribution is 2.34. The largest absolute Gasteiger partial charge is 0.258 e. The molecule has 1 unspecified atom stereocenters. The van der Waals surface area contributed by atoms with Gasteiger partial charge in [0.1, 0.15) is 0 Å². The van der Waals surface area contributed by atoms with Crippen molar-refractivity contribution in [1.82, 2.24) is 0 Å². The number of hydrogen-bond donors (Lipinski definition) is 0. The minimum Gasteiger partial charge on any atom is -0.258 e. The van der Waals surface area contributed by atoms with Gasteiger partial charge in [0.25, 0.3) is 0 Å². The molecule has 1 heteroatoms. The van der Waals surface area contributed by atoms with E-state index in [-0.39, 0.29) is 10.8 Å². The Hall–Kier alpha value is -1.37. The molecule has 0 bridgehead atoms.